The lowest BCUT2D eigenvalue weighted by Gasteiger charge is -2.53. The van der Waals surface area contributed by atoms with Gasteiger partial charge in [-0.05, 0) is 60.4 Å². The molecule has 1 saturated carbocycles. The maximum absolute atomic E-state index is 13.7. The summed E-state index contributed by atoms with van der Waals surface area (Å²) >= 11 is 0. The zero-order chi connectivity index (χ0) is 23.1. The monoisotopic (exact) mass is 449 g/mol. The van der Waals surface area contributed by atoms with Gasteiger partial charge in [0.15, 0.2) is 0 Å². The Hall–Kier alpha value is -2.37. The predicted octanol–water partition coefficient (Wildman–Crippen LogP) is 5.52. The fraction of sp³-hybridized carbons (Fsp3) is 0.407. The molecule has 1 fully saturated rings. The van der Waals surface area contributed by atoms with Crippen LogP contribution in [0.5, 0.6) is 0 Å². The van der Waals surface area contributed by atoms with Gasteiger partial charge >= 0.3 is 0 Å². The first-order chi connectivity index (χ1) is 15.0. The lowest BCUT2D eigenvalue weighted by molar-refractivity contribution is -0.0299. The lowest BCUT2D eigenvalue weighted by Crippen LogP contribution is -2.50. The number of hydrogen-bond acceptors (Lipinski definition) is 3. The number of aliphatic hydroxyl groups excluding tert-OH is 1. The van der Waals surface area contributed by atoms with Crippen molar-refractivity contribution in [3.63, 3.8) is 0 Å². The summed E-state index contributed by atoms with van der Waals surface area (Å²) in [5.41, 5.74) is 3.23. The lowest BCUT2D eigenvalue weighted by atomic mass is 9.52. The van der Waals surface area contributed by atoms with Crippen molar-refractivity contribution in [3.8, 4) is 0 Å². The molecule has 32 heavy (non-hydrogen) atoms. The summed E-state index contributed by atoms with van der Waals surface area (Å²) in [6.07, 6.45) is 4.86. The first-order valence-corrected chi connectivity index (χ1v) is 12.7. The summed E-state index contributed by atoms with van der Waals surface area (Å²) in [5.74, 6) is 0.0789. The molecule has 2 aromatic carbocycles. The summed E-state index contributed by atoms with van der Waals surface area (Å²) in [6.45, 7) is 12.5. The van der Waals surface area contributed by atoms with Gasteiger partial charge in [-0.25, -0.2) is 12.4 Å². The maximum atomic E-state index is 13.7. The van der Waals surface area contributed by atoms with Crippen LogP contribution >= 0.6 is 0 Å². The van der Waals surface area contributed by atoms with Crippen molar-refractivity contribution in [1.29, 1.82) is 0 Å². The molecule has 2 aliphatic rings. The molecule has 0 radical (unpaired) electrons. The number of hydrogen-bond donors (Lipinski definition) is 1. The molecule has 0 saturated heterocycles. The van der Waals surface area contributed by atoms with Crippen LogP contribution in [0, 0.1) is 18.3 Å². The predicted molar refractivity (Wildman–Crippen MR) is 129 cm³/mol. The SMILES string of the molecule is C=C[C@@]1(C)CC[C@H]2[C@H](c3cn(S(=O)(=O)c4ccc(C)cc4)c4cccc(c34)C2(C)C)[C@H]1O. The van der Waals surface area contributed by atoms with Crippen molar-refractivity contribution in [2.24, 2.45) is 11.3 Å². The standard InChI is InChI=1S/C27H31NO3S/c1-6-27(5)15-14-21-24(25(27)29)19-16-28(32(30,31)18-12-10-17(2)11-13-18)22-9-7-8-20(23(19)22)26(21,3)4/h6-13,16,21,24-25,29H,1,14-15H2,2-5H3/t21-,24-,25+,27-/m0/s1. The summed E-state index contributed by atoms with van der Waals surface area (Å²) in [6, 6.07) is 12.9. The molecule has 3 aromatic rings. The van der Waals surface area contributed by atoms with Crippen molar-refractivity contribution in [2.75, 3.05) is 0 Å². The molecule has 4 nitrogen and oxygen atoms in total. The van der Waals surface area contributed by atoms with Crippen LogP contribution in [0.3, 0.4) is 0 Å². The Bertz CT molecular complexity index is 1330. The molecule has 4 atom stereocenters. The van der Waals surface area contributed by atoms with Gasteiger partial charge in [0.2, 0.25) is 0 Å². The van der Waals surface area contributed by atoms with E-state index < -0.39 is 21.5 Å². The molecular weight excluding hydrogens is 418 g/mol. The highest BCUT2D eigenvalue weighted by molar-refractivity contribution is 7.90. The van der Waals surface area contributed by atoms with E-state index in [0.29, 0.717) is 5.52 Å². The minimum atomic E-state index is -3.77. The molecule has 0 unspecified atom stereocenters. The highest BCUT2D eigenvalue weighted by Gasteiger charge is 2.53. The van der Waals surface area contributed by atoms with Crippen molar-refractivity contribution >= 4 is 20.9 Å². The van der Waals surface area contributed by atoms with Gasteiger partial charge in [-0.3, -0.25) is 0 Å². The minimum absolute atomic E-state index is 0.145. The van der Waals surface area contributed by atoms with E-state index in [1.165, 1.54) is 9.54 Å². The van der Waals surface area contributed by atoms with Crippen molar-refractivity contribution in [1.82, 2.24) is 3.97 Å². The van der Waals surface area contributed by atoms with Gasteiger partial charge in [0.05, 0.1) is 16.5 Å². The molecular formula is C27H31NO3S. The molecule has 0 amide bonds. The Morgan fingerprint density at radius 3 is 2.47 bits per heavy atom. The molecule has 0 bridgehead atoms. The van der Waals surface area contributed by atoms with Crippen molar-refractivity contribution < 1.29 is 13.5 Å². The van der Waals surface area contributed by atoms with Crippen LogP contribution in [-0.4, -0.2) is 23.6 Å². The van der Waals surface area contributed by atoms with Gasteiger partial charge < -0.3 is 5.11 Å². The Labute approximate surface area is 190 Å². The number of nitrogens with zero attached hydrogens (tertiary/aromatic N) is 1. The Morgan fingerprint density at radius 2 is 1.81 bits per heavy atom. The Kier molecular flexibility index (Phi) is 4.57. The third kappa shape index (κ3) is 2.74. The first-order valence-electron chi connectivity index (χ1n) is 11.3. The normalized spacial score (nSPS) is 29.0. The second-order valence-corrected chi connectivity index (χ2v) is 12.3. The van der Waals surface area contributed by atoms with Crippen molar-refractivity contribution in [2.45, 2.75) is 62.9 Å². The first kappa shape index (κ1) is 21.5. The molecule has 1 aromatic heterocycles. The van der Waals surface area contributed by atoms with Crippen LogP contribution in [0.2, 0.25) is 0 Å². The van der Waals surface area contributed by atoms with E-state index >= 15 is 0 Å². The number of aromatic nitrogens is 1. The van der Waals surface area contributed by atoms with E-state index in [4.69, 9.17) is 0 Å². The summed E-state index contributed by atoms with van der Waals surface area (Å²) < 4.78 is 28.8. The van der Waals surface area contributed by atoms with Crippen LogP contribution < -0.4 is 0 Å². The van der Waals surface area contributed by atoms with E-state index in [1.54, 1.807) is 18.3 Å². The summed E-state index contributed by atoms with van der Waals surface area (Å²) in [7, 11) is -3.77. The number of benzene rings is 2. The van der Waals surface area contributed by atoms with E-state index in [1.807, 2.05) is 37.3 Å². The minimum Gasteiger partial charge on any atom is -0.392 e. The molecule has 5 rings (SSSR count). The number of rotatable bonds is 3. The second-order valence-electron chi connectivity index (χ2n) is 10.4. The van der Waals surface area contributed by atoms with Crippen LogP contribution in [0.15, 0.2) is 66.2 Å². The van der Waals surface area contributed by atoms with E-state index in [0.717, 1.165) is 29.4 Å². The summed E-state index contributed by atoms with van der Waals surface area (Å²) in [5, 5.41) is 12.5. The molecule has 1 heterocycles. The fourth-order valence-corrected chi connectivity index (χ4v) is 7.51. The third-order valence-electron chi connectivity index (χ3n) is 8.29. The number of aliphatic hydroxyl groups is 1. The van der Waals surface area contributed by atoms with Gasteiger partial charge in [-0.2, -0.15) is 0 Å². The molecule has 5 heteroatoms. The van der Waals surface area contributed by atoms with E-state index in [9.17, 15) is 13.5 Å². The average Bonchev–Trinajstić information content (AvgIpc) is 3.15. The highest BCUT2D eigenvalue weighted by Crippen LogP contribution is 2.59. The Morgan fingerprint density at radius 1 is 1.12 bits per heavy atom. The number of fused-ring (bicyclic) bond motifs is 2. The third-order valence-corrected chi connectivity index (χ3v) is 9.98. The zero-order valence-electron chi connectivity index (χ0n) is 19.2. The van der Waals surface area contributed by atoms with Crippen LogP contribution in [0.4, 0.5) is 0 Å². The van der Waals surface area contributed by atoms with Gasteiger partial charge in [-0.1, -0.05) is 56.7 Å². The largest absolute Gasteiger partial charge is 0.392 e. The smallest absolute Gasteiger partial charge is 0.268 e. The van der Waals surface area contributed by atoms with Crippen molar-refractivity contribution in [3.05, 3.63) is 78.0 Å². The Balaban J connectivity index is 1.80. The molecule has 1 N–H and O–H groups in total. The van der Waals surface area contributed by atoms with Gasteiger partial charge in [0.1, 0.15) is 0 Å². The summed E-state index contributed by atoms with van der Waals surface area (Å²) in [4.78, 5) is 0.270. The highest BCUT2D eigenvalue weighted by atomic mass is 32.2. The number of aryl methyl sites for hydroxylation is 1. The van der Waals surface area contributed by atoms with Crippen LogP contribution in [0.1, 0.15) is 56.2 Å². The molecule has 0 spiro atoms. The van der Waals surface area contributed by atoms with E-state index in [-0.39, 0.29) is 22.1 Å². The van der Waals surface area contributed by atoms with E-state index in [2.05, 4.69) is 33.4 Å². The molecule has 2 aliphatic carbocycles. The van der Waals surface area contributed by atoms with Gasteiger partial charge in [0, 0.05) is 22.9 Å². The average molecular weight is 450 g/mol. The van der Waals surface area contributed by atoms with Gasteiger partial charge in [-0.15, -0.1) is 6.58 Å². The zero-order valence-corrected chi connectivity index (χ0v) is 20.0. The van der Waals surface area contributed by atoms with Crippen LogP contribution in [-0.2, 0) is 15.4 Å². The van der Waals surface area contributed by atoms with Gasteiger partial charge in [0.25, 0.3) is 10.0 Å². The van der Waals surface area contributed by atoms with Crippen LogP contribution in [0.25, 0.3) is 10.9 Å². The molecule has 168 valence electrons. The second kappa shape index (κ2) is 6.82. The maximum Gasteiger partial charge on any atom is 0.268 e. The topological polar surface area (TPSA) is 59.3 Å². The fourth-order valence-electron chi connectivity index (χ4n) is 6.14. The molecule has 0 aliphatic heterocycles. The quantitative estimate of drug-likeness (QED) is 0.535.